The largest absolute Gasteiger partial charge is 0.461 e. The SMILES string of the molecule is C=CC(=O)OCCNC(=O)NC1CC(C)(C)N([O])C(C)(C)C1. The molecule has 125 valence electrons. The van der Waals surface area contributed by atoms with E-state index in [0.29, 0.717) is 12.8 Å². The van der Waals surface area contributed by atoms with Crippen LogP contribution in [-0.2, 0) is 14.7 Å². The Morgan fingerprint density at radius 1 is 1.27 bits per heavy atom. The second-order valence-electron chi connectivity index (χ2n) is 6.80. The van der Waals surface area contributed by atoms with Crippen molar-refractivity contribution in [3.8, 4) is 0 Å². The normalized spacial score (nSPS) is 21.0. The number of ether oxygens (including phenoxy) is 1. The quantitative estimate of drug-likeness (QED) is 0.456. The molecule has 1 aliphatic heterocycles. The summed E-state index contributed by atoms with van der Waals surface area (Å²) in [5, 5.41) is 18.8. The number of nitrogens with zero attached hydrogens (tertiary/aromatic N) is 1. The Hall–Kier alpha value is -1.60. The topological polar surface area (TPSA) is 90.6 Å². The molecule has 0 atom stereocenters. The average molecular weight is 312 g/mol. The van der Waals surface area contributed by atoms with Gasteiger partial charge in [0.2, 0.25) is 0 Å². The molecular weight excluding hydrogens is 286 g/mol. The maximum atomic E-state index is 12.2. The highest BCUT2D eigenvalue weighted by Crippen LogP contribution is 2.36. The van der Waals surface area contributed by atoms with Gasteiger partial charge in [-0.15, -0.1) is 10.3 Å². The first-order chi connectivity index (χ1) is 10.1. The van der Waals surface area contributed by atoms with Crippen LogP contribution in [0.25, 0.3) is 0 Å². The molecule has 0 aliphatic carbocycles. The summed E-state index contributed by atoms with van der Waals surface area (Å²) in [6.45, 7) is 11.1. The van der Waals surface area contributed by atoms with Crippen LogP contribution in [0.15, 0.2) is 12.7 Å². The highest BCUT2D eigenvalue weighted by atomic mass is 16.5. The number of carbonyl (C=O) groups is 2. The van der Waals surface area contributed by atoms with Crippen molar-refractivity contribution in [1.82, 2.24) is 15.7 Å². The summed E-state index contributed by atoms with van der Waals surface area (Å²) in [5.74, 6) is -0.520. The number of amides is 2. The molecular formula is C15H26N3O4. The minimum Gasteiger partial charge on any atom is -0.461 e. The molecule has 1 rings (SSSR count). The predicted molar refractivity (Wildman–Crippen MR) is 81.4 cm³/mol. The number of hydrogen-bond acceptors (Lipinski definition) is 4. The second-order valence-corrected chi connectivity index (χ2v) is 6.80. The van der Waals surface area contributed by atoms with Crippen LogP contribution < -0.4 is 10.6 Å². The van der Waals surface area contributed by atoms with Gasteiger partial charge in [0.1, 0.15) is 6.61 Å². The van der Waals surface area contributed by atoms with Crippen molar-refractivity contribution in [2.24, 2.45) is 0 Å². The lowest BCUT2D eigenvalue weighted by atomic mass is 9.79. The minimum absolute atomic E-state index is 0.0778. The molecule has 1 heterocycles. The molecule has 1 fully saturated rings. The van der Waals surface area contributed by atoms with Gasteiger partial charge < -0.3 is 15.4 Å². The number of piperidine rings is 1. The molecule has 1 radical (unpaired) electrons. The molecule has 0 spiro atoms. The maximum Gasteiger partial charge on any atom is 0.330 e. The molecule has 0 saturated carbocycles. The van der Waals surface area contributed by atoms with Crippen LogP contribution in [0.3, 0.4) is 0 Å². The number of carbonyl (C=O) groups excluding carboxylic acids is 2. The summed E-state index contributed by atoms with van der Waals surface area (Å²) in [4.78, 5) is 22.7. The van der Waals surface area contributed by atoms with Crippen molar-refractivity contribution in [2.45, 2.75) is 57.7 Å². The second kappa shape index (κ2) is 7.11. The predicted octanol–water partition coefficient (Wildman–Crippen LogP) is 1.38. The fourth-order valence-corrected chi connectivity index (χ4v) is 2.98. The molecule has 0 aromatic rings. The molecule has 0 bridgehead atoms. The van der Waals surface area contributed by atoms with Gasteiger partial charge in [0.15, 0.2) is 0 Å². The molecule has 1 saturated heterocycles. The molecule has 22 heavy (non-hydrogen) atoms. The van der Waals surface area contributed by atoms with E-state index in [2.05, 4.69) is 17.2 Å². The van der Waals surface area contributed by atoms with Crippen molar-refractivity contribution in [2.75, 3.05) is 13.2 Å². The van der Waals surface area contributed by atoms with Crippen LogP contribution in [0, 0.1) is 0 Å². The van der Waals surface area contributed by atoms with E-state index >= 15 is 0 Å². The zero-order valence-electron chi connectivity index (χ0n) is 13.8. The molecule has 7 nitrogen and oxygen atoms in total. The lowest BCUT2D eigenvalue weighted by molar-refractivity contribution is -0.289. The van der Waals surface area contributed by atoms with Crippen LogP contribution >= 0.6 is 0 Å². The van der Waals surface area contributed by atoms with Crippen LogP contribution in [-0.4, -0.2) is 47.3 Å². The van der Waals surface area contributed by atoms with E-state index in [1.165, 1.54) is 0 Å². The van der Waals surface area contributed by atoms with E-state index in [0.717, 1.165) is 11.1 Å². The average Bonchev–Trinajstić information content (AvgIpc) is 2.40. The summed E-state index contributed by atoms with van der Waals surface area (Å²) < 4.78 is 4.76. The summed E-state index contributed by atoms with van der Waals surface area (Å²) in [6.07, 6.45) is 2.23. The monoisotopic (exact) mass is 312 g/mol. The van der Waals surface area contributed by atoms with Gasteiger partial charge in [-0.05, 0) is 40.5 Å². The Bertz CT molecular complexity index is 417. The van der Waals surface area contributed by atoms with Gasteiger partial charge in [-0.3, -0.25) is 0 Å². The van der Waals surface area contributed by atoms with E-state index < -0.39 is 17.0 Å². The van der Waals surface area contributed by atoms with Crippen molar-refractivity contribution in [3.05, 3.63) is 12.7 Å². The zero-order chi connectivity index (χ0) is 17.0. The van der Waals surface area contributed by atoms with E-state index in [-0.39, 0.29) is 25.2 Å². The first kappa shape index (κ1) is 18.4. The Morgan fingerprint density at radius 2 is 1.82 bits per heavy atom. The van der Waals surface area contributed by atoms with Gasteiger partial charge in [-0.25, -0.2) is 9.59 Å². The van der Waals surface area contributed by atoms with Gasteiger partial charge in [0.05, 0.1) is 6.54 Å². The lowest BCUT2D eigenvalue weighted by Crippen LogP contribution is -2.63. The number of urea groups is 1. The van der Waals surface area contributed by atoms with E-state index in [4.69, 9.17) is 4.74 Å². The maximum absolute atomic E-state index is 12.2. The summed E-state index contributed by atoms with van der Waals surface area (Å²) in [5.41, 5.74) is -1.06. The van der Waals surface area contributed by atoms with Crippen molar-refractivity contribution in [1.29, 1.82) is 0 Å². The molecule has 0 aromatic carbocycles. The Morgan fingerprint density at radius 3 is 2.32 bits per heavy atom. The van der Waals surface area contributed by atoms with Crippen molar-refractivity contribution >= 4 is 12.0 Å². The number of nitrogens with one attached hydrogen (secondary N) is 2. The van der Waals surface area contributed by atoms with Crippen LogP contribution in [0.5, 0.6) is 0 Å². The third kappa shape index (κ3) is 4.99. The number of esters is 1. The molecule has 0 aromatic heterocycles. The van der Waals surface area contributed by atoms with E-state index in [1.54, 1.807) is 0 Å². The first-order valence-electron chi connectivity index (χ1n) is 7.39. The van der Waals surface area contributed by atoms with E-state index in [9.17, 15) is 14.8 Å². The number of hydroxylamine groups is 2. The zero-order valence-corrected chi connectivity index (χ0v) is 13.8. The standard InChI is InChI=1S/C15H26N3O4/c1-6-12(19)22-8-7-16-13(20)17-11-9-14(2,3)18(21)15(4,5)10-11/h6,11H,1,7-10H2,2-5H3,(H2,16,17,20). The molecule has 2 N–H and O–H groups in total. The molecule has 2 amide bonds. The van der Waals surface area contributed by atoms with Gasteiger partial charge in [0.25, 0.3) is 0 Å². The Kier molecular flexibility index (Phi) is 5.96. The van der Waals surface area contributed by atoms with Crippen molar-refractivity contribution in [3.63, 3.8) is 0 Å². The molecule has 7 heteroatoms. The third-order valence-corrected chi connectivity index (χ3v) is 3.73. The number of rotatable bonds is 5. The summed E-state index contributed by atoms with van der Waals surface area (Å²) in [6, 6.07) is -0.406. The van der Waals surface area contributed by atoms with Crippen LogP contribution in [0.2, 0.25) is 0 Å². The van der Waals surface area contributed by atoms with Gasteiger partial charge in [-0.2, -0.15) is 0 Å². The Balaban J connectivity index is 2.41. The smallest absolute Gasteiger partial charge is 0.330 e. The van der Waals surface area contributed by atoms with E-state index in [1.807, 2.05) is 27.7 Å². The Labute approximate surface area is 131 Å². The van der Waals surface area contributed by atoms with Gasteiger partial charge >= 0.3 is 12.0 Å². The highest BCUT2D eigenvalue weighted by Gasteiger charge is 2.46. The minimum atomic E-state index is -0.529. The molecule has 0 unspecified atom stereocenters. The highest BCUT2D eigenvalue weighted by molar-refractivity contribution is 5.81. The van der Waals surface area contributed by atoms with Crippen LogP contribution in [0.4, 0.5) is 4.79 Å². The van der Waals surface area contributed by atoms with Gasteiger partial charge in [-0.1, -0.05) is 6.58 Å². The fourth-order valence-electron chi connectivity index (χ4n) is 2.98. The first-order valence-corrected chi connectivity index (χ1v) is 7.39. The lowest BCUT2D eigenvalue weighted by Gasteiger charge is -2.49. The number of hydrogen-bond donors (Lipinski definition) is 2. The fraction of sp³-hybridized carbons (Fsp3) is 0.733. The van der Waals surface area contributed by atoms with Crippen molar-refractivity contribution < 1.29 is 19.5 Å². The van der Waals surface area contributed by atoms with Gasteiger partial charge in [0, 0.05) is 23.2 Å². The van der Waals surface area contributed by atoms with Crippen LogP contribution in [0.1, 0.15) is 40.5 Å². The molecule has 1 aliphatic rings. The summed E-state index contributed by atoms with van der Waals surface area (Å²) in [7, 11) is 0. The summed E-state index contributed by atoms with van der Waals surface area (Å²) >= 11 is 0. The third-order valence-electron chi connectivity index (χ3n) is 3.73.